The Morgan fingerprint density at radius 2 is 1.96 bits per heavy atom. The molecular formula is C19H22N2O4S. The summed E-state index contributed by atoms with van der Waals surface area (Å²) < 4.78 is 0. The molecule has 2 amide bonds. The minimum Gasteiger partial charge on any atom is -0.481 e. The number of thioether (sulfide) groups is 1. The molecule has 26 heavy (non-hydrogen) atoms. The molecule has 1 aromatic rings. The summed E-state index contributed by atoms with van der Waals surface area (Å²) in [6.45, 7) is 4.42. The number of amides is 2. The van der Waals surface area contributed by atoms with Gasteiger partial charge in [0.15, 0.2) is 4.87 Å². The molecule has 1 aromatic carbocycles. The lowest BCUT2D eigenvalue weighted by atomic mass is 9.76. The summed E-state index contributed by atoms with van der Waals surface area (Å²) in [5.41, 5.74) is -0.114. The van der Waals surface area contributed by atoms with Crippen molar-refractivity contribution in [3.05, 3.63) is 24.3 Å². The first-order valence-corrected chi connectivity index (χ1v) is 9.77. The van der Waals surface area contributed by atoms with Crippen LogP contribution < -0.4 is 4.90 Å². The van der Waals surface area contributed by atoms with Crippen molar-refractivity contribution >= 4 is 35.2 Å². The van der Waals surface area contributed by atoms with Crippen molar-refractivity contribution in [2.75, 3.05) is 18.0 Å². The highest BCUT2D eigenvalue weighted by Gasteiger charge is 2.60. The molecule has 0 saturated carbocycles. The van der Waals surface area contributed by atoms with Gasteiger partial charge in [-0.15, -0.1) is 0 Å². The number of para-hydroxylation sites is 1. The van der Waals surface area contributed by atoms with Gasteiger partial charge in [-0.05, 0) is 30.9 Å². The molecule has 2 atom stereocenters. The molecule has 0 aliphatic carbocycles. The van der Waals surface area contributed by atoms with Gasteiger partial charge in [-0.25, -0.2) is 0 Å². The first kappa shape index (κ1) is 17.4. The number of likely N-dealkylation sites (tertiary alicyclic amines) is 1. The van der Waals surface area contributed by atoms with Crippen molar-refractivity contribution in [3.63, 3.8) is 0 Å². The number of anilines is 1. The van der Waals surface area contributed by atoms with Crippen molar-refractivity contribution in [2.45, 2.75) is 42.9 Å². The minimum atomic E-state index is -0.952. The van der Waals surface area contributed by atoms with Gasteiger partial charge in [0.05, 0.1) is 11.1 Å². The van der Waals surface area contributed by atoms with E-state index in [4.69, 9.17) is 0 Å². The summed E-state index contributed by atoms with van der Waals surface area (Å²) in [5, 5.41) is 9.76. The van der Waals surface area contributed by atoms with Crippen LogP contribution in [0.1, 0.15) is 33.1 Å². The standard InChI is InChI=1S/C19H22N2O4S/c1-12(2)18(17(24)25)9-10-20(11-18)16(23)19-8-7-15(22)21(19)13-5-3-4-6-14(13)26-19/h3-6,12H,7-11H2,1-2H3,(H,24,25). The predicted molar refractivity (Wildman–Crippen MR) is 97.9 cm³/mol. The van der Waals surface area contributed by atoms with Gasteiger partial charge < -0.3 is 10.0 Å². The van der Waals surface area contributed by atoms with Gasteiger partial charge in [0.2, 0.25) is 5.91 Å². The number of carbonyl (C=O) groups excluding carboxylic acids is 2. The molecule has 138 valence electrons. The van der Waals surface area contributed by atoms with Gasteiger partial charge in [0.1, 0.15) is 0 Å². The number of rotatable bonds is 3. The summed E-state index contributed by atoms with van der Waals surface area (Å²) in [6, 6.07) is 7.58. The van der Waals surface area contributed by atoms with Crippen LogP contribution in [0.2, 0.25) is 0 Å². The predicted octanol–water partition coefficient (Wildman–Crippen LogP) is 2.57. The van der Waals surface area contributed by atoms with E-state index in [1.165, 1.54) is 11.8 Å². The second-order valence-corrected chi connectivity index (χ2v) is 9.00. The van der Waals surface area contributed by atoms with E-state index in [1.54, 1.807) is 9.80 Å². The third-order valence-corrected chi connectivity index (χ3v) is 7.59. The fourth-order valence-electron chi connectivity index (χ4n) is 4.43. The number of aliphatic carboxylic acids is 1. The van der Waals surface area contributed by atoms with Crippen LogP contribution in [-0.2, 0) is 14.4 Å². The Morgan fingerprint density at radius 1 is 1.23 bits per heavy atom. The van der Waals surface area contributed by atoms with Crippen molar-refractivity contribution in [1.29, 1.82) is 0 Å². The number of carbonyl (C=O) groups is 3. The SMILES string of the molecule is CC(C)C1(C(=O)O)CCN(C(=O)C23CCC(=O)N2c2ccccc2S3)C1. The fourth-order valence-corrected chi connectivity index (χ4v) is 5.92. The Balaban J connectivity index is 1.67. The smallest absolute Gasteiger partial charge is 0.311 e. The van der Waals surface area contributed by atoms with Gasteiger partial charge in [0.25, 0.3) is 5.91 Å². The lowest BCUT2D eigenvalue weighted by Crippen LogP contribution is -2.54. The van der Waals surface area contributed by atoms with Crippen LogP contribution in [0.4, 0.5) is 5.69 Å². The zero-order valence-electron chi connectivity index (χ0n) is 14.9. The van der Waals surface area contributed by atoms with Gasteiger partial charge in [-0.2, -0.15) is 0 Å². The molecule has 2 unspecified atom stereocenters. The largest absolute Gasteiger partial charge is 0.481 e. The van der Waals surface area contributed by atoms with Gasteiger partial charge >= 0.3 is 5.97 Å². The second kappa shape index (κ2) is 5.74. The number of nitrogens with zero attached hydrogens (tertiary/aromatic N) is 2. The monoisotopic (exact) mass is 374 g/mol. The number of hydrogen-bond acceptors (Lipinski definition) is 4. The normalized spacial score (nSPS) is 30.0. The maximum absolute atomic E-state index is 13.5. The molecule has 6 nitrogen and oxygen atoms in total. The van der Waals surface area contributed by atoms with E-state index in [0.717, 1.165) is 10.6 Å². The van der Waals surface area contributed by atoms with Crippen LogP contribution in [-0.4, -0.2) is 45.8 Å². The van der Waals surface area contributed by atoms with E-state index >= 15 is 0 Å². The number of fused-ring (bicyclic) bond motifs is 3. The van der Waals surface area contributed by atoms with Gasteiger partial charge in [0, 0.05) is 24.4 Å². The molecule has 0 radical (unpaired) electrons. The van der Waals surface area contributed by atoms with Crippen molar-refractivity contribution < 1.29 is 19.5 Å². The maximum atomic E-state index is 13.5. The highest BCUT2D eigenvalue weighted by Crippen LogP contribution is 2.57. The lowest BCUT2D eigenvalue weighted by Gasteiger charge is -2.35. The highest BCUT2D eigenvalue weighted by atomic mass is 32.2. The number of carboxylic acid groups (broad SMARTS) is 1. The second-order valence-electron chi connectivity index (χ2n) is 7.68. The molecule has 2 saturated heterocycles. The first-order valence-electron chi connectivity index (χ1n) is 8.96. The van der Waals surface area contributed by atoms with Crippen molar-refractivity contribution in [1.82, 2.24) is 4.90 Å². The zero-order valence-corrected chi connectivity index (χ0v) is 15.7. The van der Waals surface area contributed by atoms with Gasteiger partial charge in [-0.3, -0.25) is 19.3 Å². The summed E-state index contributed by atoms with van der Waals surface area (Å²) in [6.07, 6.45) is 1.25. The molecule has 2 fully saturated rings. The molecule has 0 aromatic heterocycles. The zero-order chi connectivity index (χ0) is 18.7. The minimum absolute atomic E-state index is 0.0386. The van der Waals surface area contributed by atoms with Crippen LogP contribution in [0.5, 0.6) is 0 Å². The highest BCUT2D eigenvalue weighted by molar-refractivity contribution is 8.02. The Bertz CT molecular complexity index is 810. The van der Waals surface area contributed by atoms with Crippen molar-refractivity contribution in [3.8, 4) is 0 Å². The Morgan fingerprint density at radius 3 is 2.62 bits per heavy atom. The van der Waals surface area contributed by atoms with Crippen LogP contribution in [0.25, 0.3) is 0 Å². The average molecular weight is 374 g/mol. The lowest BCUT2D eigenvalue weighted by molar-refractivity contribution is -0.151. The molecular weight excluding hydrogens is 352 g/mol. The molecule has 3 aliphatic heterocycles. The number of hydrogen-bond donors (Lipinski definition) is 1. The third-order valence-electron chi connectivity index (χ3n) is 6.13. The Labute approximate surface area is 156 Å². The van der Waals surface area contributed by atoms with Gasteiger partial charge in [-0.1, -0.05) is 37.7 Å². The molecule has 7 heteroatoms. The van der Waals surface area contributed by atoms with E-state index in [0.29, 0.717) is 25.8 Å². The van der Waals surface area contributed by atoms with E-state index in [2.05, 4.69) is 0 Å². The molecule has 3 heterocycles. The van der Waals surface area contributed by atoms with E-state index in [9.17, 15) is 19.5 Å². The molecule has 0 bridgehead atoms. The summed E-state index contributed by atoms with van der Waals surface area (Å²) >= 11 is 1.44. The number of benzene rings is 1. The number of carboxylic acids is 1. The topological polar surface area (TPSA) is 77.9 Å². The summed E-state index contributed by atoms with van der Waals surface area (Å²) in [5.74, 6) is -1.08. The third kappa shape index (κ3) is 2.16. The summed E-state index contributed by atoms with van der Waals surface area (Å²) in [4.78, 5) is 41.2. The van der Waals surface area contributed by atoms with Crippen LogP contribution in [0.15, 0.2) is 29.2 Å². The van der Waals surface area contributed by atoms with Crippen LogP contribution in [0.3, 0.4) is 0 Å². The van der Waals surface area contributed by atoms with Crippen molar-refractivity contribution in [2.24, 2.45) is 11.3 Å². The van der Waals surface area contributed by atoms with Crippen LogP contribution in [0, 0.1) is 11.3 Å². The van der Waals surface area contributed by atoms with Crippen LogP contribution >= 0.6 is 11.8 Å². The molecule has 3 aliphatic rings. The van der Waals surface area contributed by atoms with E-state index in [-0.39, 0.29) is 24.3 Å². The quantitative estimate of drug-likeness (QED) is 0.880. The fraction of sp³-hybridized carbons (Fsp3) is 0.526. The maximum Gasteiger partial charge on any atom is 0.311 e. The van der Waals surface area contributed by atoms with E-state index < -0.39 is 16.3 Å². The van der Waals surface area contributed by atoms with E-state index in [1.807, 2.05) is 38.1 Å². The first-order chi connectivity index (χ1) is 12.3. The summed E-state index contributed by atoms with van der Waals surface area (Å²) in [7, 11) is 0. The molecule has 1 N–H and O–H groups in total. The molecule has 4 rings (SSSR count). The average Bonchev–Trinajstić information content (AvgIpc) is 3.27. The Hall–Kier alpha value is -2.02. The molecule has 0 spiro atoms. The Kier molecular flexibility index (Phi) is 3.84.